The molecule has 2 aromatic carbocycles. The fourth-order valence-corrected chi connectivity index (χ4v) is 2.96. The summed E-state index contributed by atoms with van der Waals surface area (Å²) < 4.78 is 1.15. The predicted octanol–water partition coefficient (Wildman–Crippen LogP) is 5.62. The van der Waals surface area contributed by atoms with Crippen LogP contribution in [-0.2, 0) is 22.6 Å². The molecular weight excluding hydrogens is 448 g/mol. The van der Waals surface area contributed by atoms with Crippen LogP contribution in [0, 0.1) is 16.0 Å². The van der Waals surface area contributed by atoms with Crippen LogP contribution in [0.2, 0.25) is 0 Å². The van der Waals surface area contributed by atoms with Crippen LogP contribution in [0.25, 0.3) is 0 Å². The van der Waals surface area contributed by atoms with Crippen LogP contribution in [0.1, 0.15) is 51.2 Å². The molecule has 0 radical (unpaired) electrons. The van der Waals surface area contributed by atoms with Gasteiger partial charge in [0.05, 0.1) is 10.8 Å². The van der Waals surface area contributed by atoms with E-state index < -0.39 is 10.8 Å². The van der Waals surface area contributed by atoms with Crippen molar-refractivity contribution in [3.63, 3.8) is 0 Å². The average molecular weight is 477 g/mol. The Morgan fingerprint density at radius 1 is 1.03 bits per heavy atom. The van der Waals surface area contributed by atoms with E-state index in [1.54, 1.807) is 12.1 Å². The van der Waals surface area contributed by atoms with Crippen molar-refractivity contribution in [1.82, 2.24) is 5.32 Å². The summed E-state index contributed by atoms with van der Waals surface area (Å²) in [6, 6.07) is 14.4. The van der Waals surface area contributed by atoms with Crippen molar-refractivity contribution in [3.8, 4) is 0 Å². The predicted molar refractivity (Wildman–Crippen MR) is 122 cm³/mol. The van der Waals surface area contributed by atoms with E-state index in [9.17, 15) is 19.7 Å². The normalized spacial score (nSPS) is 11.1. The van der Waals surface area contributed by atoms with E-state index in [0.717, 1.165) is 29.3 Å². The second kappa shape index (κ2) is 13.6. The summed E-state index contributed by atoms with van der Waals surface area (Å²) in [6.45, 7) is 5.84. The first kappa shape index (κ1) is 25.5. The van der Waals surface area contributed by atoms with Gasteiger partial charge in [-0.15, -0.1) is 0 Å². The van der Waals surface area contributed by atoms with E-state index in [1.165, 1.54) is 24.6 Å². The number of rotatable bonds is 9. The first-order valence-corrected chi connectivity index (χ1v) is 10.8. The molecule has 7 heteroatoms. The molecule has 0 saturated heterocycles. The van der Waals surface area contributed by atoms with Crippen molar-refractivity contribution in [1.29, 1.82) is 0 Å². The van der Waals surface area contributed by atoms with Crippen LogP contribution < -0.4 is 5.32 Å². The third-order valence-corrected chi connectivity index (χ3v) is 5.12. The summed E-state index contributed by atoms with van der Waals surface area (Å²) in [5.41, 5.74) is 2.15. The molecule has 0 spiro atoms. The number of hydrogen-bond acceptors (Lipinski definition) is 4. The van der Waals surface area contributed by atoms with Crippen molar-refractivity contribution >= 4 is 33.3 Å². The minimum Gasteiger partial charge on any atom is -0.351 e. The zero-order valence-electron chi connectivity index (χ0n) is 17.7. The molecule has 0 bridgehead atoms. The van der Waals surface area contributed by atoms with Gasteiger partial charge >= 0.3 is 0 Å². The van der Waals surface area contributed by atoms with Gasteiger partial charge in [-0.25, -0.2) is 0 Å². The third kappa shape index (κ3) is 9.31. The number of aryl methyl sites for hydroxylation is 1. The lowest BCUT2D eigenvalue weighted by atomic mass is 9.97. The van der Waals surface area contributed by atoms with Crippen molar-refractivity contribution in [2.24, 2.45) is 5.92 Å². The van der Waals surface area contributed by atoms with Gasteiger partial charge in [-0.05, 0) is 43.0 Å². The van der Waals surface area contributed by atoms with Crippen molar-refractivity contribution in [2.45, 2.75) is 53.0 Å². The minimum absolute atomic E-state index is 0.00892. The number of nitrogens with one attached hydrogen (secondary N) is 1. The van der Waals surface area contributed by atoms with E-state index in [4.69, 9.17) is 0 Å². The summed E-state index contributed by atoms with van der Waals surface area (Å²) in [6.07, 6.45) is 3.43. The molecule has 0 aliphatic carbocycles. The van der Waals surface area contributed by atoms with Crippen LogP contribution >= 0.6 is 15.9 Å². The first-order valence-electron chi connectivity index (χ1n) is 10.0. The molecule has 2 rings (SSSR count). The number of nitrogens with zero attached hydrogens (tertiary/aromatic N) is 1. The van der Waals surface area contributed by atoms with Gasteiger partial charge in [0.25, 0.3) is 5.69 Å². The van der Waals surface area contributed by atoms with Gasteiger partial charge in [0, 0.05) is 23.2 Å². The fourth-order valence-electron chi connectivity index (χ4n) is 2.70. The largest absolute Gasteiger partial charge is 0.351 e. The minimum atomic E-state index is -0.608. The quantitative estimate of drug-likeness (QED) is 0.289. The number of halogens is 1. The van der Waals surface area contributed by atoms with Gasteiger partial charge in [0.1, 0.15) is 5.78 Å². The van der Waals surface area contributed by atoms with Crippen molar-refractivity contribution in [3.05, 3.63) is 74.2 Å². The van der Waals surface area contributed by atoms with Crippen LogP contribution in [-0.4, -0.2) is 16.6 Å². The summed E-state index contributed by atoms with van der Waals surface area (Å²) in [5, 5.41) is 13.2. The van der Waals surface area contributed by atoms with Gasteiger partial charge in [-0.3, -0.25) is 19.7 Å². The lowest BCUT2D eigenvalue weighted by Gasteiger charge is -2.13. The van der Waals surface area contributed by atoms with Crippen molar-refractivity contribution in [2.75, 3.05) is 0 Å². The molecule has 0 aliphatic heterocycles. The number of carbonyl (C=O) groups excluding carboxylic acids is 2. The molecular formula is C23H29BrN2O4. The second-order valence-corrected chi connectivity index (χ2v) is 7.84. The van der Waals surface area contributed by atoms with Crippen LogP contribution in [0.15, 0.2) is 53.0 Å². The molecule has 1 N–H and O–H groups in total. The molecule has 6 nitrogen and oxygen atoms in total. The number of hydrogen-bond donors (Lipinski definition) is 1. The van der Waals surface area contributed by atoms with E-state index in [2.05, 4.69) is 52.4 Å². The Morgan fingerprint density at radius 3 is 2.07 bits per heavy atom. The highest BCUT2D eigenvalue weighted by Gasteiger charge is 2.22. The Kier molecular flexibility index (Phi) is 11.6. The second-order valence-electron chi connectivity index (χ2n) is 6.93. The van der Waals surface area contributed by atoms with Crippen LogP contribution in [0.5, 0.6) is 0 Å². The average Bonchev–Trinajstić information content (AvgIpc) is 2.73. The smallest absolute Gasteiger partial charge is 0.269 e. The zero-order chi connectivity index (χ0) is 22.5. The zero-order valence-corrected chi connectivity index (χ0v) is 19.3. The standard InChI is InChI=1S/C15H20N2O4.C8H9Br/c1-3-4-5-14(11(2)18)15(19)16-10-12-6-8-13(9-7-12)17(20)21;1-2-7-3-5-8(9)6-4-7/h6-9,14H,3-5,10H2,1-2H3,(H,16,19);3-6H,2H2,1H3. The number of benzene rings is 2. The Balaban J connectivity index is 0.000000414. The lowest BCUT2D eigenvalue weighted by molar-refractivity contribution is -0.384. The number of carbonyl (C=O) groups is 2. The maximum Gasteiger partial charge on any atom is 0.269 e. The molecule has 0 fully saturated rings. The molecule has 30 heavy (non-hydrogen) atoms. The van der Waals surface area contributed by atoms with Gasteiger partial charge in [0.15, 0.2) is 0 Å². The van der Waals surface area contributed by atoms with Gasteiger partial charge in [0.2, 0.25) is 5.91 Å². The van der Waals surface area contributed by atoms with Crippen molar-refractivity contribution < 1.29 is 14.5 Å². The molecule has 1 atom stereocenters. The maximum atomic E-state index is 12.0. The monoisotopic (exact) mass is 476 g/mol. The SMILES string of the molecule is CCCCC(C(C)=O)C(=O)NCc1ccc([N+](=O)[O-])cc1.CCc1ccc(Br)cc1. The van der Waals surface area contributed by atoms with Gasteiger partial charge in [-0.1, -0.05) is 66.9 Å². The summed E-state index contributed by atoms with van der Waals surface area (Å²) in [7, 11) is 0. The molecule has 0 aliphatic rings. The van der Waals surface area contributed by atoms with Gasteiger partial charge in [-0.2, -0.15) is 0 Å². The molecule has 0 saturated carbocycles. The van der Waals surface area contributed by atoms with E-state index in [1.807, 2.05) is 6.92 Å². The van der Waals surface area contributed by atoms with Gasteiger partial charge < -0.3 is 5.32 Å². The van der Waals surface area contributed by atoms with E-state index in [0.29, 0.717) is 6.42 Å². The third-order valence-electron chi connectivity index (χ3n) is 4.59. The molecule has 0 aromatic heterocycles. The highest BCUT2D eigenvalue weighted by molar-refractivity contribution is 9.10. The summed E-state index contributed by atoms with van der Waals surface area (Å²) >= 11 is 3.37. The number of non-ortho nitro benzene ring substituents is 1. The Morgan fingerprint density at radius 2 is 1.60 bits per heavy atom. The highest BCUT2D eigenvalue weighted by Crippen LogP contribution is 2.13. The summed E-state index contributed by atoms with van der Waals surface area (Å²) in [4.78, 5) is 33.6. The number of Topliss-reactive ketones (excluding diaryl/α,β-unsaturated/α-hetero) is 1. The molecule has 162 valence electrons. The number of amides is 1. The Hall–Kier alpha value is -2.54. The topological polar surface area (TPSA) is 89.3 Å². The Bertz CT molecular complexity index is 820. The fraction of sp³-hybridized carbons (Fsp3) is 0.391. The summed E-state index contributed by atoms with van der Waals surface area (Å²) in [5.74, 6) is -1.03. The molecule has 1 unspecified atom stereocenters. The van der Waals surface area contributed by atoms with E-state index >= 15 is 0 Å². The number of unbranched alkanes of at least 4 members (excludes halogenated alkanes) is 1. The maximum absolute atomic E-state index is 12.0. The highest BCUT2D eigenvalue weighted by atomic mass is 79.9. The van der Waals surface area contributed by atoms with Crippen LogP contribution in [0.3, 0.4) is 0 Å². The first-order chi connectivity index (χ1) is 14.3. The van der Waals surface area contributed by atoms with Crippen LogP contribution in [0.4, 0.5) is 5.69 Å². The molecule has 1 amide bonds. The molecule has 2 aromatic rings. The lowest BCUT2D eigenvalue weighted by Crippen LogP contribution is -2.34. The van der Waals surface area contributed by atoms with E-state index in [-0.39, 0.29) is 23.9 Å². The number of ketones is 1. The Labute approximate surface area is 186 Å². The number of nitro benzene ring substituents is 1. The number of nitro groups is 1. The molecule has 0 heterocycles.